The standard InChI is InChI=1S/C14H12BrFN2O2S/c1-10-5-7-12(8-6-10)21(19,20)18-17-9-11-3-2-4-13(15)14(11)16/h2-9,18H,1H3/b17-9-. The van der Waals surface area contributed by atoms with Crippen molar-refractivity contribution in [1.82, 2.24) is 4.83 Å². The van der Waals surface area contributed by atoms with Crippen LogP contribution in [-0.4, -0.2) is 14.6 Å². The second-order valence-corrected chi connectivity index (χ2v) is 6.82. The van der Waals surface area contributed by atoms with Crippen LogP contribution in [0.1, 0.15) is 11.1 Å². The molecule has 0 saturated heterocycles. The summed E-state index contributed by atoms with van der Waals surface area (Å²) in [6.45, 7) is 1.86. The lowest BCUT2D eigenvalue weighted by Gasteiger charge is -2.04. The Balaban J connectivity index is 2.16. The fourth-order valence-electron chi connectivity index (χ4n) is 1.56. The highest BCUT2D eigenvalue weighted by molar-refractivity contribution is 9.10. The Morgan fingerprint density at radius 1 is 1.19 bits per heavy atom. The first kappa shape index (κ1) is 15.7. The molecule has 1 N–H and O–H groups in total. The van der Waals surface area contributed by atoms with Crippen molar-refractivity contribution in [2.24, 2.45) is 5.10 Å². The third kappa shape index (κ3) is 3.89. The average molecular weight is 371 g/mol. The summed E-state index contributed by atoms with van der Waals surface area (Å²) in [5, 5.41) is 3.59. The summed E-state index contributed by atoms with van der Waals surface area (Å²) in [5.74, 6) is -0.504. The van der Waals surface area contributed by atoms with Crippen molar-refractivity contribution in [3.63, 3.8) is 0 Å². The van der Waals surface area contributed by atoms with Crippen LogP contribution in [0.25, 0.3) is 0 Å². The predicted molar refractivity (Wildman–Crippen MR) is 83.2 cm³/mol. The van der Waals surface area contributed by atoms with E-state index in [1.807, 2.05) is 11.8 Å². The Morgan fingerprint density at radius 3 is 2.52 bits per heavy atom. The van der Waals surface area contributed by atoms with E-state index in [0.29, 0.717) is 0 Å². The molecule has 0 spiro atoms. The van der Waals surface area contributed by atoms with E-state index in [1.54, 1.807) is 24.3 Å². The maximum atomic E-state index is 13.7. The molecule has 2 rings (SSSR count). The van der Waals surface area contributed by atoms with E-state index in [9.17, 15) is 12.8 Å². The molecule has 110 valence electrons. The molecular weight excluding hydrogens is 359 g/mol. The SMILES string of the molecule is Cc1ccc(S(=O)(=O)N/N=C\c2cccc(Br)c2F)cc1. The van der Waals surface area contributed by atoms with Gasteiger partial charge in [-0.1, -0.05) is 29.8 Å². The number of aryl methyl sites for hydroxylation is 1. The van der Waals surface area contributed by atoms with Crippen LogP contribution in [0.3, 0.4) is 0 Å². The van der Waals surface area contributed by atoms with Crippen LogP contribution < -0.4 is 4.83 Å². The average Bonchev–Trinajstić information content (AvgIpc) is 2.44. The zero-order valence-corrected chi connectivity index (χ0v) is 13.4. The first-order valence-corrected chi connectivity index (χ1v) is 8.23. The molecule has 0 heterocycles. The molecule has 0 fully saturated rings. The molecule has 2 aromatic carbocycles. The first-order chi connectivity index (χ1) is 9.90. The van der Waals surface area contributed by atoms with Gasteiger partial charge in [-0.2, -0.15) is 13.5 Å². The van der Waals surface area contributed by atoms with Crippen molar-refractivity contribution in [3.05, 3.63) is 63.9 Å². The van der Waals surface area contributed by atoms with Crippen molar-refractivity contribution in [1.29, 1.82) is 0 Å². The first-order valence-electron chi connectivity index (χ1n) is 5.96. The monoisotopic (exact) mass is 370 g/mol. The minimum atomic E-state index is -3.75. The third-order valence-corrected chi connectivity index (χ3v) is 4.54. The Labute approximate surface area is 130 Å². The van der Waals surface area contributed by atoms with E-state index in [2.05, 4.69) is 21.0 Å². The molecule has 0 saturated carbocycles. The van der Waals surface area contributed by atoms with Gasteiger partial charge in [-0.15, -0.1) is 0 Å². The molecule has 21 heavy (non-hydrogen) atoms. The van der Waals surface area contributed by atoms with E-state index in [-0.39, 0.29) is 14.9 Å². The summed E-state index contributed by atoms with van der Waals surface area (Å²) in [6, 6.07) is 11.0. The van der Waals surface area contributed by atoms with Gasteiger partial charge in [0, 0.05) is 5.56 Å². The molecule has 0 aliphatic rings. The summed E-state index contributed by atoms with van der Waals surface area (Å²) in [5.41, 5.74) is 1.13. The number of hydrogen-bond acceptors (Lipinski definition) is 3. The number of nitrogens with one attached hydrogen (secondary N) is 1. The molecule has 0 bridgehead atoms. The largest absolute Gasteiger partial charge is 0.276 e. The summed E-state index contributed by atoms with van der Waals surface area (Å²) in [4.78, 5) is 2.15. The van der Waals surface area contributed by atoms with E-state index >= 15 is 0 Å². The van der Waals surface area contributed by atoms with Gasteiger partial charge in [0.05, 0.1) is 15.6 Å². The smallest absolute Gasteiger partial charge is 0.205 e. The van der Waals surface area contributed by atoms with Gasteiger partial charge in [0.15, 0.2) is 0 Å². The van der Waals surface area contributed by atoms with Gasteiger partial charge >= 0.3 is 0 Å². The second kappa shape index (κ2) is 6.36. The lowest BCUT2D eigenvalue weighted by atomic mass is 10.2. The Kier molecular flexibility index (Phi) is 4.74. The van der Waals surface area contributed by atoms with Gasteiger partial charge in [0.2, 0.25) is 0 Å². The van der Waals surface area contributed by atoms with E-state index in [4.69, 9.17) is 0 Å². The number of sulfonamides is 1. The molecule has 2 aromatic rings. The zero-order chi connectivity index (χ0) is 15.5. The van der Waals surface area contributed by atoms with Crippen LogP contribution in [-0.2, 0) is 10.0 Å². The predicted octanol–water partition coefficient (Wildman–Crippen LogP) is 3.21. The maximum absolute atomic E-state index is 13.7. The molecule has 7 heteroatoms. The summed E-state index contributed by atoms with van der Waals surface area (Å²) >= 11 is 3.05. The summed E-state index contributed by atoms with van der Waals surface area (Å²) in [7, 11) is -3.75. The lowest BCUT2D eigenvalue weighted by Crippen LogP contribution is -2.18. The molecule has 0 unspecified atom stereocenters. The maximum Gasteiger partial charge on any atom is 0.276 e. The number of nitrogens with zero attached hydrogens (tertiary/aromatic N) is 1. The van der Waals surface area contributed by atoms with E-state index < -0.39 is 15.8 Å². The number of benzene rings is 2. The van der Waals surface area contributed by atoms with Crippen LogP contribution in [0.4, 0.5) is 4.39 Å². The Bertz CT molecular complexity index is 774. The normalized spacial score (nSPS) is 11.8. The summed E-state index contributed by atoms with van der Waals surface area (Å²) in [6.07, 6.45) is 1.12. The number of hydrazone groups is 1. The van der Waals surface area contributed by atoms with Gasteiger partial charge in [-0.25, -0.2) is 9.22 Å². The van der Waals surface area contributed by atoms with Gasteiger partial charge in [-0.05, 0) is 41.1 Å². The van der Waals surface area contributed by atoms with Crippen molar-refractivity contribution in [2.45, 2.75) is 11.8 Å². The highest BCUT2D eigenvalue weighted by Gasteiger charge is 2.12. The van der Waals surface area contributed by atoms with Gasteiger partial charge in [-0.3, -0.25) is 0 Å². The van der Waals surface area contributed by atoms with Crippen molar-refractivity contribution in [2.75, 3.05) is 0 Å². The highest BCUT2D eigenvalue weighted by Crippen LogP contribution is 2.17. The van der Waals surface area contributed by atoms with Crippen LogP contribution in [0.15, 0.2) is 56.9 Å². The Morgan fingerprint density at radius 2 is 1.86 bits per heavy atom. The fourth-order valence-corrected chi connectivity index (χ4v) is 2.73. The molecule has 0 atom stereocenters. The second-order valence-electron chi connectivity index (χ2n) is 4.31. The lowest BCUT2D eigenvalue weighted by molar-refractivity contribution is 0.584. The molecule has 0 amide bonds. The van der Waals surface area contributed by atoms with Gasteiger partial charge < -0.3 is 0 Å². The van der Waals surface area contributed by atoms with Gasteiger partial charge in [0.25, 0.3) is 10.0 Å². The molecule has 0 radical (unpaired) electrons. The van der Waals surface area contributed by atoms with Crippen molar-refractivity contribution < 1.29 is 12.8 Å². The third-order valence-electron chi connectivity index (χ3n) is 2.69. The molecule has 0 aliphatic heterocycles. The number of rotatable bonds is 4. The van der Waals surface area contributed by atoms with Crippen molar-refractivity contribution >= 4 is 32.2 Å². The number of halogens is 2. The van der Waals surface area contributed by atoms with Crippen LogP contribution in [0, 0.1) is 12.7 Å². The van der Waals surface area contributed by atoms with Crippen LogP contribution in [0.5, 0.6) is 0 Å². The molecule has 0 aliphatic carbocycles. The number of hydrogen-bond donors (Lipinski definition) is 1. The van der Waals surface area contributed by atoms with Crippen LogP contribution >= 0.6 is 15.9 Å². The summed E-state index contributed by atoms with van der Waals surface area (Å²) < 4.78 is 37.9. The zero-order valence-electron chi connectivity index (χ0n) is 11.0. The molecule has 4 nitrogen and oxygen atoms in total. The molecule has 0 aromatic heterocycles. The van der Waals surface area contributed by atoms with Crippen molar-refractivity contribution in [3.8, 4) is 0 Å². The van der Waals surface area contributed by atoms with E-state index in [0.717, 1.165) is 11.8 Å². The highest BCUT2D eigenvalue weighted by atomic mass is 79.9. The van der Waals surface area contributed by atoms with Gasteiger partial charge in [0.1, 0.15) is 5.82 Å². The quantitative estimate of drug-likeness (QED) is 0.663. The minimum Gasteiger partial charge on any atom is -0.205 e. The topological polar surface area (TPSA) is 58.5 Å². The van der Waals surface area contributed by atoms with Crippen LogP contribution in [0.2, 0.25) is 0 Å². The Hall–Kier alpha value is -1.73. The molecular formula is C14H12BrFN2O2S. The minimum absolute atomic E-state index is 0.0972. The fraction of sp³-hybridized carbons (Fsp3) is 0.0714. The van der Waals surface area contributed by atoms with E-state index in [1.165, 1.54) is 18.2 Å².